The van der Waals surface area contributed by atoms with Crippen LogP contribution < -0.4 is 16.2 Å². The van der Waals surface area contributed by atoms with Crippen LogP contribution in [0.1, 0.15) is 30.9 Å². The third-order valence-electron chi connectivity index (χ3n) is 5.19. The molecule has 2 saturated heterocycles. The summed E-state index contributed by atoms with van der Waals surface area (Å²) in [5.74, 6) is 1.05. The minimum atomic E-state index is -0.00809. The quantitative estimate of drug-likeness (QED) is 0.755. The molecule has 3 rings (SSSR count). The number of halogens is 1. The number of hydrogen-bond acceptors (Lipinski definition) is 4. The summed E-state index contributed by atoms with van der Waals surface area (Å²) in [5.41, 5.74) is 7.63. The summed E-state index contributed by atoms with van der Waals surface area (Å²) in [6.07, 6.45) is 3.49. The van der Waals surface area contributed by atoms with Crippen molar-refractivity contribution in [3.63, 3.8) is 0 Å². The SMILES string of the molecule is CNCCC1CCN(C(=O)C2CNNC2c2ccccc2)CC1.Cl. The number of rotatable bonds is 5. The molecule has 2 aliphatic heterocycles. The Balaban J connectivity index is 0.00000208. The molecule has 2 unspecified atom stereocenters. The zero-order valence-electron chi connectivity index (χ0n) is 14.3. The van der Waals surface area contributed by atoms with Gasteiger partial charge in [-0.3, -0.25) is 10.2 Å². The van der Waals surface area contributed by atoms with Gasteiger partial charge in [-0.2, -0.15) is 0 Å². The number of piperidine rings is 1. The number of amides is 1. The Morgan fingerprint density at radius 3 is 2.62 bits per heavy atom. The minimum absolute atomic E-state index is 0. The van der Waals surface area contributed by atoms with Crippen molar-refractivity contribution in [3.8, 4) is 0 Å². The summed E-state index contributed by atoms with van der Waals surface area (Å²) in [6, 6.07) is 10.3. The first-order valence-electron chi connectivity index (χ1n) is 8.76. The predicted molar refractivity (Wildman–Crippen MR) is 98.9 cm³/mol. The van der Waals surface area contributed by atoms with Gasteiger partial charge in [-0.05, 0) is 44.3 Å². The largest absolute Gasteiger partial charge is 0.342 e. The van der Waals surface area contributed by atoms with Gasteiger partial charge in [0.2, 0.25) is 5.91 Å². The number of hydrogen-bond donors (Lipinski definition) is 3. The van der Waals surface area contributed by atoms with Gasteiger partial charge < -0.3 is 10.2 Å². The van der Waals surface area contributed by atoms with Gasteiger partial charge in [-0.25, -0.2) is 5.43 Å². The van der Waals surface area contributed by atoms with Gasteiger partial charge in [0.25, 0.3) is 0 Å². The average molecular weight is 353 g/mol. The molecule has 0 aliphatic carbocycles. The molecule has 2 atom stereocenters. The Bertz CT molecular complexity index is 505. The first kappa shape index (κ1) is 19.2. The van der Waals surface area contributed by atoms with Crippen LogP contribution in [0, 0.1) is 11.8 Å². The van der Waals surface area contributed by atoms with Crippen LogP contribution in [0.3, 0.4) is 0 Å². The second kappa shape index (κ2) is 9.37. The lowest BCUT2D eigenvalue weighted by Gasteiger charge is -2.34. The maximum absolute atomic E-state index is 12.9. The Morgan fingerprint density at radius 1 is 1.25 bits per heavy atom. The predicted octanol–water partition coefficient (Wildman–Crippen LogP) is 1.72. The van der Waals surface area contributed by atoms with Gasteiger partial charge in [0.15, 0.2) is 0 Å². The van der Waals surface area contributed by atoms with E-state index < -0.39 is 0 Å². The van der Waals surface area contributed by atoms with Crippen molar-refractivity contribution >= 4 is 18.3 Å². The molecule has 0 saturated carbocycles. The standard InChI is InChI=1S/C18H28N4O.ClH/c1-19-10-7-14-8-11-22(12-9-14)18(23)16-13-20-21-17(16)15-5-3-2-4-6-15;/h2-6,14,16-17,19-21H,7-13H2,1H3;1H. The Labute approximate surface area is 150 Å². The fourth-order valence-corrected chi connectivity index (χ4v) is 3.73. The van der Waals surface area contributed by atoms with Crippen LogP contribution >= 0.6 is 12.4 Å². The molecule has 1 aromatic rings. The molecule has 6 heteroatoms. The van der Waals surface area contributed by atoms with Gasteiger partial charge in [0, 0.05) is 19.6 Å². The van der Waals surface area contributed by atoms with Gasteiger partial charge in [0.1, 0.15) is 0 Å². The molecular formula is C18H29ClN4O. The normalized spacial score (nSPS) is 24.6. The van der Waals surface area contributed by atoms with Crippen molar-refractivity contribution in [1.29, 1.82) is 0 Å². The second-order valence-electron chi connectivity index (χ2n) is 6.68. The molecule has 24 heavy (non-hydrogen) atoms. The van der Waals surface area contributed by atoms with Crippen LogP contribution in [0.15, 0.2) is 30.3 Å². The Morgan fingerprint density at radius 2 is 1.96 bits per heavy atom. The van der Waals surface area contributed by atoms with E-state index in [9.17, 15) is 4.79 Å². The molecule has 5 nitrogen and oxygen atoms in total. The van der Waals surface area contributed by atoms with E-state index >= 15 is 0 Å². The summed E-state index contributed by atoms with van der Waals surface area (Å²) in [6.45, 7) is 3.60. The van der Waals surface area contributed by atoms with Crippen molar-refractivity contribution in [1.82, 2.24) is 21.1 Å². The van der Waals surface area contributed by atoms with Gasteiger partial charge >= 0.3 is 0 Å². The average Bonchev–Trinajstić information content (AvgIpc) is 3.10. The van der Waals surface area contributed by atoms with Crippen LogP contribution in [0.25, 0.3) is 0 Å². The maximum Gasteiger partial charge on any atom is 0.229 e. The summed E-state index contributed by atoms with van der Waals surface area (Å²) >= 11 is 0. The molecule has 134 valence electrons. The van der Waals surface area contributed by atoms with Crippen LogP contribution in [-0.2, 0) is 4.79 Å². The number of nitrogens with one attached hydrogen (secondary N) is 3. The number of nitrogens with zero attached hydrogens (tertiary/aromatic N) is 1. The Hall–Kier alpha value is -1.14. The molecule has 0 aromatic heterocycles. The van der Waals surface area contributed by atoms with Crippen LogP contribution in [0.2, 0.25) is 0 Å². The first-order chi connectivity index (χ1) is 11.3. The van der Waals surface area contributed by atoms with Gasteiger partial charge in [0.05, 0.1) is 12.0 Å². The first-order valence-corrected chi connectivity index (χ1v) is 8.76. The van der Waals surface area contributed by atoms with E-state index in [-0.39, 0.29) is 24.4 Å². The van der Waals surface area contributed by atoms with E-state index in [2.05, 4.69) is 33.2 Å². The molecule has 2 heterocycles. The highest BCUT2D eigenvalue weighted by molar-refractivity contribution is 5.85. The smallest absolute Gasteiger partial charge is 0.229 e. The summed E-state index contributed by atoms with van der Waals surface area (Å²) in [4.78, 5) is 15.0. The lowest BCUT2D eigenvalue weighted by molar-refractivity contribution is -0.136. The van der Waals surface area contributed by atoms with Crippen LogP contribution in [-0.4, -0.2) is 44.0 Å². The number of benzene rings is 1. The fourth-order valence-electron chi connectivity index (χ4n) is 3.73. The highest BCUT2D eigenvalue weighted by atomic mass is 35.5. The molecule has 0 bridgehead atoms. The van der Waals surface area contributed by atoms with E-state index in [4.69, 9.17) is 0 Å². The van der Waals surface area contributed by atoms with Crippen molar-refractivity contribution in [2.75, 3.05) is 33.2 Å². The number of hydrazine groups is 1. The molecular weight excluding hydrogens is 324 g/mol. The number of carbonyl (C=O) groups is 1. The van der Waals surface area contributed by atoms with Gasteiger partial charge in [-0.15, -0.1) is 12.4 Å². The maximum atomic E-state index is 12.9. The number of likely N-dealkylation sites (tertiary alicyclic amines) is 1. The zero-order chi connectivity index (χ0) is 16.1. The molecule has 0 radical (unpaired) electrons. The van der Waals surface area contributed by atoms with E-state index in [1.54, 1.807) is 0 Å². The lowest BCUT2D eigenvalue weighted by Crippen LogP contribution is -2.44. The highest BCUT2D eigenvalue weighted by Gasteiger charge is 2.37. The summed E-state index contributed by atoms with van der Waals surface area (Å²) in [7, 11) is 2.00. The molecule has 1 aromatic carbocycles. The van der Waals surface area contributed by atoms with Crippen molar-refractivity contribution < 1.29 is 4.79 Å². The fraction of sp³-hybridized carbons (Fsp3) is 0.611. The highest BCUT2D eigenvalue weighted by Crippen LogP contribution is 2.28. The third-order valence-corrected chi connectivity index (χ3v) is 5.19. The van der Waals surface area contributed by atoms with E-state index in [0.717, 1.165) is 38.4 Å². The summed E-state index contributed by atoms with van der Waals surface area (Å²) in [5, 5.41) is 3.22. The van der Waals surface area contributed by atoms with Crippen LogP contribution in [0.4, 0.5) is 0 Å². The summed E-state index contributed by atoms with van der Waals surface area (Å²) < 4.78 is 0. The Kier molecular flexibility index (Phi) is 7.49. The zero-order valence-corrected chi connectivity index (χ0v) is 15.1. The topological polar surface area (TPSA) is 56.4 Å². The second-order valence-corrected chi connectivity index (χ2v) is 6.68. The van der Waals surface area contributed by atoms with E-state index in [1.165, 1.54) is 12.0 Å². The van der Waals surface area contributed by atoms with Crippen LogP contribution in [0.5, 0.6) is 0 Å². The van der Waals surface area contributed by atoms with E-state index in [0.29, 0.717) is 12.5 Å². The molecule has 1 amide bonds. The third kappa shape index (κ3) is 4.48. The lowest BCUT2D eigenvalue weighted by atomic mass is 9.90. The molecule has 2 fully saturated rings. The van der Waals surface area contributed by atoms with Crippen molar-refractivity contribution in [3.05, 3.63) is 35.9 Å². The van der Waals surface area contributed by atoms with Gasteiger partial charge in [-0.1, -0.05) is 30.3 Å². The van der Waals surface area contributed by atoms with Crippen molar-refractivity contribution in [2.24, 2.45) is 11.8 Å². The molecule has 3 N–H and O–H groups in total. The monoisotopic (exact) mass is 352 g/mol. The molecule has 0 spiro atoms. The molecule has 2 aliphatic rings. The van der Waals surface area contributed by atoms with Crippen molar-refractivity contribution in [2.45, 2.75) is 25.3 Å². The number of carbonyl (C=O) groups excluding carboxylic acids is 1. The van der Waals surface area contributed by atoms with E-state index in [1.807, 2.05) is 25.2 Å². The minimum Gasteiger partial charge on any atom is -0.342 e.